The van der Waals surface area contributed by atoms with Crippen LogP contribution in [0.5, 0.6) is 5.75 Å². The van der Waals surface area contributed by atoms with Gasteiger partial charge in [-0.2, -0.15) is 0 Å². The average Bonchev–Trinajstić information content (AvgIpc) is 2.60. The van der Waals surface area contributed by atoms with E-state index in [0.717, 1.165) is 0 Å². The number of azide groups is 1. The maximum atomic E-state index is 11.5. The minimum Gasteiger partial charge on any atom is -0.462 e. The van der Waals surface area contributed by atoms with E-state index < -0.39 is 43.2 Å². The van der Waals surface area contributed by atoms with E-state index in [9.17, 15) is 20.1 Å². The molecule has 5 atom stereocenters. The van der Waals surface area contributed by atoms with Crippen molar-refractivity contribution in [3.8, 4) is 5.75 Å². The van der Waals surface area contributed by atoms with E-state index in [1.165, 1.54) is 12.1 Å². The van der Waals surface area contributed by atoms with Gasteiger partial charge in [-0.3, -0.25) is 4.79 Å². The molecule has 1 aromatic carbocycles. The molecule has 25 heavy (non-hydrogen) atoms. The van der Waals surface area contributed by atoms with Gasteiger partial charge in [0, 0.05) is 16.7 Å². The summed E-state index contributed by atoms with van der Waals surface area (Å²) >= 11 is 0. The van der Waals surface area contributed by atoms with Crippen molar-refractivity contribution in [1.82, 2.24) is 0 Å². The van der Waals surface area contributed by atoms with Gasteiger partial charge in [0.2, 0.25) is 12.2 Å². The van der Waals surface area contributed by atoms with Crippen LogP contribution in [0.15, 0.2) is 29.4 Å². The van der Waals surface area contributed by atoms with E-state index in [1.807, 2.05) is 0 Å². The van der Waals surface area contributed by atoms with Gasteiger partial charge in [0.1, 0.15) is 36.7 Å². The molecule has 0 aromatic heterocycles. The van der Waals surface area contributed by atoms with Crippen molar-refractivity contribution in [2.75, 3.05) is 18.5 Å². The first-order valence-corrected chi connectivity index (χ1v) is 7.34. The normalized spacial score (nSPS) is 28.7. The van der Waals surface area contributed by atoms with Crippen molar-refractivity contribution in [2.45, 2.75) is 30.7 Å². The number of aliphatic hydroxyl groups excluding tert-OH is 4. The van der Waals surface area contributed by atoms with Crippen LogP contribution in [0.25, 0.3) is 10.4 Å². The minimum absolute atomic E-state index is 0.200. The highest BCUT2D eigenvalue weighted by Gasteiger charge is 2.44. The quantitative estimate of drug-likeness (QED) is 0.250. The summed E-state index contributed by atoms with van der Waals surface area (Å²) in [6.45, 7) is -0.936. The monoisotopic (exact) mass is 354 g/mol. The maximum absolute atomic E-state index is 11.5. The Morgan fingerprint density at radius 3 is 2.76 bits per heavy atom. The highest BCUT2D eigenvalue weighted by atomic mass is 16.7. The lowest BCUT2D eigenvalue weighted by Gasteiger charge is -2.39. The van der Waals surface area contributed by atoms with Gasteiger partial charge in [0.25, 0.3) is 0 Å². The lowest BCUT2D eigenvalue weighted by Crippen LogP contribution is -2.60. The van der Waals surface area contributed by atoms with Gasteiger partial charge in [-0.05, 0) is 17.7 Å². The number of nitrogens with zero attached hydrogens (tertiary/aromatic N) is 3. The third kappa shape index (κ3) is 4.79. The highest BCUT2D eigenvalue weighted by molar-refractivity contribution is 5.92. The van der Waals surface area contributed by atoms with E-state index in [4.69, 9.17) is 20.1 Å². The van der Waals surface area contributed by atoms with Gasteiger partial charge in [0.15, 0.2) is 0 Å². The number of ether oxygens (including phenoxy) is 2. The topological polar surface area (TPSA) is 177 Å². The van der Waals surface area contributed by atoms with Gasteiger partial charge in [0.05, 0.1) is 6.61 Å². The molecule has 5 N–H and O–H groups in total. The Bertz CT molecular complexity index is 650. The minimum atomic E-state index is -1.55. The number of rotatable bonds is 6. The van der Waals surface area contributed by atoms with E-state index in [0.29, 0.717) is 5.69 Å². The molecule has 11 nitrogen and oxygen atoms in total. The third-order valence-corrected chi connectivity index (χ3v) is 3.50. The number of anilines is 1. The molecule has 1 aliphatic heterocycles. The Morgan fingerprint density at radius 2 is 2.08 bits per heavy atom. The zero-order chi connectivity index (χ0) is 18.4. The summed E-state index contributed by atoms with van der Waals surface area (Å²) in [6, 6.07) is 6.07. The molecular weight excluding hydrogens is 336 g/mol. The molecular formula is C14H18N4O7. The first-order valence-electron chi connectivity index (χ1n) is 7.34. The predicted molar refractivity (Wildman–Crippen MR) is 83.5 cm³/mol. The first kappa shape index (κ1) is 18.9. The van der Waals surface area contributed by atoms with Crippen LogP contribution in [-0.4, -0.2) is 70.2 Å². The second-order valence-corrected chi connectivity index (χ2v) is 5.28. The molecule has 1 amide bonds. The molecule has 1 aliphatic rings. The summed E-state index contributed by atoms with van der Waals surface area (Å²) < 4.78 is 10.7. The van der Waals surface area contributed by atoms with Crippen molar-refractivity contribution in [1.29, 1.82) is 0 Å². The Hall–Kier alpha value is -2.40. The van der Waals surface area contributed by atoms with Gasteiger partial charge >= 0.3 is 0 Å². The van der Waals surface area contributed by atoms with Crippen LogP contribution in [-0.2, 0) is 9.53 Å². The summed E-state index contributed by atoms with van der Waals surface area (Å²) in [5, 5.41) is 44.2. The Morgan fingerprint density at radius 1 is 1.32 bits per heavy atom. The molecule has 0 saturated carbocycles. The Kier molecular flexibility index (Phi) is 6.53. The summed E-state index contributed by atoms with van der Waals surface area (Å²) in [7, 11) is 0. The average molecular weight is 354 g/mol. The van der Waals surface area contributed by atoms with Crippen molar-refractivity contribution < 1.29 is 34.7 Å². The van der Waals surface area contributed by atoms with E-state index >= 15 is 0 Å². The summed E-state index contributed by atoms with van der Waals surface area (Å²) in [4.78, 5) is 14.0. The first-order chi connectivity index (χ1) is 12.0. The van der Waals surface area contributed by atoms with E-state index in [2.05, 4.69) is 15.3 Å². The predicted octanol–water partition coefficient (Wildman–Crippen LogP) is -0.886. The Labute approximate surface area is 142 Å². The van der Waals surface area contributed by atoms with Crippen LogP contribution in [0.4, 0.5) is 5.69 Å². The smallest absolute Gasteiger partial charge is 0.230 e. The lowest BCUT2D eigenvalue weighted by molar-refractivity contribution is -0.277. The number of nitrogens with one attached hydrogen (secondary N) is 1. The van der Waals surface area contributed by atoms with Gasteiger partial charge in [-0.25, -0.2) is 0 Å². The third-order valence-electron chi connectivity index (χ3n) is 3.50. The fourth-order valence-corrected chi connectivity index (χ4v) is 2.24. The maximum Gasteiger partial charge on any atom is 0.230 e. The molecule has 1 aromatic rings. The number of carbonyl (C=O) groups excluding carboxylic acids is 1. The van der Waals surface area contributed by atoms with Gasteiger partial charge in [-0.1, -0.05) is 11.2 Å². The number of amides is 1. The van der Waals surface area contributed by atoms with Crippen LogP contribution in [0.1, 0.15) is 0 Å². The van der Waals surface area contributed by atoms with Crippen LogP contribution in [0, 0.1) is 0 Å². The molecule has 3 unspecified atom stereocenters. The molecule has 1 saturated heterocycles. The SMILES string of the molecule is [N-]=[N+]=NCC(=O)Nc1cccc(O[C@H]2OC(CO)[C@H](O)C(O)C2O)c1. The molecule has 0 spiro atoms. The second-order valence-electron chi connectivity index (χ2n) is 5.28. The van der Waals surface area contributed by atoms with E-state index in [-0.39, 0.29) is 12.3 Å². The molecule has 0 bridgehead atoms. The summed E-state index contributed by atoms with van der Waals surface area (Å²) in [6.07, 6.45) is -6.99. The van der Waals surface area contributed by atoms with Crippen LogP contribution in [0.2, 0.25) is 0 Å². The number of hydrogen-bond acceptors (Lipinski definition) is 8. The van der Waals surface area contributed by atoms with Crippen molar-refractivity contribution in [2.24, 2.45) is 5.11 Å². The van der Waals surface area contributed by atoms with Crippen LogP contribution < -0.4 is 10.1 Å². The zero-order valence-electron chi connectivity index (χ0n) is 13.0. The number of hydrogen-bond donors (Lipinski definition) is 5. The number of carbonyl (C=O) groups is 1. The molecule has 1 fully saturated rings. The van der Waals surface area contributed by atoms with Crippen molar-refractivity contribution in [3.63, 3.8) is 0 Å². The van der Waals surface area contributed by atoms with Gasteiger partial charge < -0.3 is 35.2 Å². The fourth-order valence-electron chi connectivity index (χ4n) is 2.24. The number of aliphatic hydroxyl groups is 4. The highest BCUT2D eigenvalue weighted by Crippen LogP contribution is 2.25. The summed E-state index contributed by atoms with van der Waals surface area (Å²) in [5.41, 5.74) is 8.53. The lowest BCUT2D eigenvalue weighted by atomic mass is 9.99. The molecule has 0 aliphatic carbocycles. The Balaban J connectivity index is 2.05. The molecule has 136 valence electrons. The van der Waals surface area contributed by atoms with Crippen molar-refractivity contribution in [3.05, 3.63) is 34.7 Å². The summed E-state index contributed by atoms with van der Waals surface area (Å²) in [5.74, 6) is -0.325. The molecule has 2 rings (SSSR count). The molecule has 11 heteroatoms. The van der Waals surface area contributed by atoms with Crippen molar-refractivity contribution >= 4 is 11.6 Å². The van der Waals surface area contributed by atoms with Crippen LogP contribution in [0.3, 0.4) is 0 Å². The molecule has 1 heterocycles. The number of benzene rings is 1. The standard InChI is InChI=1S/C14H18N4O7/c15-18-16-5-10(20)17-7-2-1-3-8(4-7)24-14-13(23)12(22)11(21)9(6-19)25-14/h1-4,9,11-14,19,21-23H,5-6H2,(H,17,20)/t9?,11-,12?,13?,14-/m0/s1. The molecule has 0 radical (unpaired) electrons. The fraction of sp³-hybridized carbons (Fsp3) is 0.500. The largest absolute Gasteiger partial charge is 0.462 e. The van der Waals surface area contributed by atoms with E-state index in [1.54, 1.807) is 12.1 Å². The zero-order valence-corrected chi connectivity index (χ0v) is 13.0. The van der Waals surface area contributed by atoms with Gasteiger partial charge in [-0.15, -0.1) is 0 Å². The second kappa shape index (κ2) is 8.62. The van der Waals surface area contributed by atoms with Crippen LogP contribution >= 0.6 is 0 Å².